The molecule has 1 rings (SSSR count). The number of ether oxygens (including phenoxy) is 1. The van der Waals surface area contributed by atoms with Gasteiger partial charge in [-0.3, -0.25) is 9.59 Å². The van der Waals surface area contributed by atoms with Gasteiger partial charge in [0.15, 0.2) is 12.9 Å². The Balaban J connectivity index is 2.65. The van der Waals surface area contributed by atoms with Crippen LogP contribution in [0.5, 0.6) is 5.75 Å². The molecule has 0 heterocycles. The number of nitrogens with zero attached hydrogens (tertiary/aromatic N) is 1. The van der Waals surface area contributed by atoms with Crippen molar-refractivity contribution in [2.24, 2.45) is 0 Å². The van der Waals surface area contributed by atoms with Crippen LogP contribution in [0.3, 0.4) is 0 Å². The number of halogens is 2. The van der Waals surface area contributed by atoms with Gasteiger partial charge in [0, 0.05) is 11.6 Å². The molecular formula is C12H10Cl2N2O3. The molecule has 7 heteroatoms. The highest BCUT2D eigenvalue weighted by Crippen LogP contribution is 2.31. The largest absolute Gasteiger partial charge is 0.481 e. The molecule has 0 atom stereocenters. The van der Waals surface area contributed by atoms with Crippen molar-refractivity contribution < 1.29 is 14.3 Å². The Bertz CT molecular complexity index is 526. The molecule has 1 aromatic rings. The van der Waals surface area contributed by atoms with Crippen LogP contribution in [0.2, 0.25) is 10.0 Å². The average molecular weight is 301 g/mol. The zero-order chi connectivity index (χ0) is 14.3. The van der Waals surface area contributed by atoms with Crippen LogP contribution >= 0.6 is 23.2 Å². The van der Waals surface area contributed by atoms with E-state index in [0.717, 1.165) is 0 Å². The van der Waals surface area contributed by atoms with Crippen LogP contribution in [0.15, 0.2) is 12.1 Å². The number of rotatable bonds is 6. The third-order valence-corrected chi connectivity index (χ3v) is 2.57. The van der Waals surface area contributed by atoms with Gasteiger partial charge in [-0.05, 0) is 12.1 Å². The van der Waals surface area contributed by atoms with Gasteiger partial charge in [-0.15, -0.1) is 0 Å². The van der Waals surface area contributed by atoms with Crippen LogP contribution in [0, 0.1) is 11.3 Å². The Morgan fingerprint density at radius 3 is 2.84 bits per heavy atom. The highest BCUT2D eigenvalue weighted by molar-refractivity contribution is 6.36. The molecular weight excluding hydrogens is 291 g/mol. The van der Waals surface area contributed by atoms with Crippen LogP contribution in [0.25, 0.3) is 0 Å². The molecule has 19 heavy (non-hydrogen) atoms. The lowest BCUT2D eigenvalue weighted by atomic mass is 10.2. The zero-order valence-electron chi connectivity index (χ0n) is 9.78. The number of amides is 1. The van der Waals surface area contributed by atoms with Crippen LogP contribution in [-0.2, 0) is 4.79 Å². The summed E-state index contributed by atoms with van der Waals surface area (Å²) in [7, 11) is 0. The second kappa shape index (κ2) is 7.62. The quantitative estimate of drug-likeness (QED) is 0.645. The molecule has 0 unspecified atom stereocenters. The Kier molecular flexibility index (Phi) is 6.13. The van der Waals surface area contributed by atoms with E-state index in [-0.39, 0.29) is 35.9 Å². The molecule has 0 bridgehead atoms. The smallest absolute Gasteiger partial charge is 0.257 e. The molecule has 0 saturated heterocycles. The highest BCUT2D eigenvalue weighted by atomic mass is 35.5. The SMILES string of the molecule is N#CCCNC(=O)COc1c(Cl)cc(Cl)cc1C=O. The maximum Gasteiger partial charge on any atom is 0.257 e. The molecule has 0 saturated carbocycles. The number of hydrogen-bond acceptors (Lipinski definition) is 4. The van der Waals surface area contributed by atoms with E-state index in [0.29, 0.717) is 11.3 Å². The summed E-state index contributed by atoms with van der Waals surface area (Å²) in [4.78, 5) is 22.2. The van der Waals surface area contributed by atoms with Crippen LogP contribution in [0.4, 0.5) is 0 Å². The minimum atomic E-state index is -0.405. The van der Waals surface area contributed by atoms with Crippen molar-refractivity contribution in [3.63, 3.8) is 0 Å². The van der Waals surface area contributed by atoms with Crippen molar-refractivity contribution in [2.75, 3.05) is 13.2 Å². The summed E-state index contributed by atoms with van der Waals surface area (Å²) in [5.41, 5.74) is 0.169. The highest BCUT2D eigenvalue weighted by Gasteiger charge is 2.12. The fraction of sp³-hybridized carbons (Fsp3) is 0.250. The minimum Gasteiger partial charge on any atom is -0.481 e. The number of aldehydes is 1. The van der Waals surface area contributed by atoms with Gasteiger partial charge < -0.3 is 10.1 Å². The van der Waals surface area contributed by atoms with E-state index in [4.69, 9.17) is 33.2 Å². The lowest BCUT2D eigenvalue weighted by molar-refractivity contribution is -0.123. The third kappa shape index (κ3) is 4.78. The van der Waals surface area contributed by atoms with Crippen LogP contribution in [0.1, 0.15) is 16.8 Å². The van der Waals surface area contributed by atoms with E-state index >= 15 is 0 Å². The molecule has 1 amide bonds. The number of benzene rings is 1. The maximum atomic E-state index is 11.4. The molecule has 0 aliphatic carbocycles. The predicted octanol–water partition coefficient (Wildman–Crippen LogP) is 2.21. The summed E-state index contributed by atoms with van der Waals surface area (Å²) in [5, 5.41) is 11.3. The van der Waals surface area contributed by atoms with Crippen molar-refractivity contribution in [2.45, 2.75) is 6.42 Å². The minimum absolute atomic E-state index is 0.108. The number of nitriles is 1. The van der Waals surface area contributed by atoms with Crippen molar-refractivity contribution in [3.8, 4) is 11.8 Å². The molecule has 0 aliphatic heterocycles. The molecule has 5 nitrogen and oxygen atoms in total. The van der Waals surface area contributed by atoms with Gasteiger partial charge in [-0.2, -0.15) is 5.26 Å². The molecule has 1 N–H and O–H groups in total. The lowest BCUT2D eigenvalue weighted by Gasteiger charge is -2.10. The Morgan fingerprint density at radius 2 is 2.21 bits per heavy atom. The van der Waals surface area contributed by atoms with Gasteiger partial charge in [-0.25, -0.2) is 0 Å². The van der Waals surface area contributed by atoms with E-state index in [9.17, 15) is 9.59 Å². The van der Waals surface area contributed by atoms with Crippen LogP contribution in [-0.4, -0.2) is 25.3 Å². The Labute approximate surface area is 120 Å². The summed E-state index contributed by atoms with van der Waals surface area (Å²) < 4.78 is 5.19. The summed E-state index contributed by atoms with van der Waals surface area (Å²) in [6, 6.07) is 4.70. The van der Waals surface area contributed by atoms with E-state index < -0.39 is 5.91 Å². The number of carbonyl (C=O) groups is 2. The van der Waals surface area contributed by atoms with Crippen LogP contribution < -0.4 is 10.1 Å². The van der Waals surface area contributed by atoms with Crippen molar-refractivity contribution in [1.29, 1.82) is 5.26 Å². The first-order valence-electron chi connectivity index (χ1n) is 5.29. The maximum absolute atomic E-state index is 11.4. The average Bonchev–Trinajstić information content (AvgIpc) is 2.37. The lowest BCUT2D eigenvalue weighted by Crippen LogP contribution is -2.29. The topological polar surface area (TPSA) is 79.2 Å². The molecule has 0 radical (unpaired) electrons. The first-order chi connectivity index (χ1) is 9.08. The molecule has 0 aliphatic rings. The summed E-state index contributed by atoms with van der Waals surface area (Å²) in [6.45, 7) is -0.0544. The number of carbonyl (C=O) groups excluding carboxylic acids is 2. The molecule has 1 aromatic carbocycles. The van der Waals surface area contributed by atoms with Gasteiger partial charge in [-0.1, -0.05) is 23.2 Å². The van der Waals surface area contributed by atoms with E-state index in [1.54, 1.807) is 0 Å². The molecule has 100 valence electrons. The van der Waals surface area contributed by atoms with Crippen molar-refractivity contribution >= 4 is 35.4 Å². The van der Waals surface area contributed by atoms with Gasteiger partial charge in [0.2, 0.25) is 0 Å². The van der Waals surface area contributed by atoms with E-state index in [1.807, 2.05) is 6.07 Å². The fourth-order valence-corrected chi connectivity index (χ4v) is 1.83. The monoisotopic (exact) mass is 300 g/mol. The van der Waals surface area contributed by atoms with Gasteiger partial charge in [0.1, 0.15) is 5.75 Å². The Morgan fingerprint density at radius 1 is 1.47 bits per heavy atom. The molecule has 0 fully saturated rings. The van der Waals surface area contributed by atoms with Gasteiger partial charge >= 0.3 is 0 Å². The fourth-order valence-electron chi connectivity index (χ4n) is 1.27. The molecule has 0 spiro atoms. The molecule has 0 aromatic heterocycles. The summed E-state index contributed by atoms with van der Waals surface area (Å²) in [5.74, 6) is -0.297. The van der Waals surface area contributed by atoms with E-state index in [2.05, 4.69) is 5.32 Å². The third-order valence-electron chi connectivity index (χ3n) is 2.07. The Hall–Kier alpha value is -1.77. The summed E-state index contributed by atoms with van der Waals surface area (Å²) in [6.07, 6.45) is 0.758. The normalized spacial score (nSPS) is 9.53. The van der Waals surface area contributed by atoms with E-state index in [1.165, 1.54) is 12.1 Å². The van der Waals surface area contributed by atoms with Gasteiger partial charge in [0.05, 0.1) is 23.1 Å². The number of nitrogens with one attached hydrogen (secondary N) is 1. The number of hydrogen-bond donors (Lipinski definition) is 1. The summed E-state index contributed by atoms with van der Waals surface area (Å²) >= 11 is 11.6. The van der Waals surface area contributed by atoms with Gasteiger partial charge in [0.25, 0.3) is 5.91 Å². The standard InChI is InChI=1S/C12H10Cl2N2O3/c13-9-4-8(6-17)12(10(14)5-9)19-7-11(18)16-3-1-2-15/h4-6H,1,3,7H2,(H,16,18). The first kappa shape index (κ1) is 15.3. The zero-order valence-corrected chi connectivity index (χ0v) is 11.3. The first-order valence-corrected chi connectivity index (χ1v) is 6.04. The second-order valence-electron chi connectivity index (χ2n) is 3.47. The van der Waals surface area contributed by atoms with Crippen molar-refractivity contribution in [3.05, 3.63) is 27.7 Å². The second-order valence-corrected chi connectivity index (χ2v) is 4.31. The van der Waals surface area contributed by atoms with Crippen molar-refractivity contribution in [1.82, 2.24) is 5.32 Å². The predicted molar refractivity (Wildman–Crippen MR) is 70.6 cm³/mol.